The summed E-state index contributed by atoms with van der Waals surface area (Å²) in [5.74, 6) is -0.185. The number of non-ortho nitro benzene ring substituents is 1. The first-order valence-corrected chi connectivity index (χ1v) is 6.74. The molecule has 1 N–H and O–H groups in total. The number of nitro groups is 1. The summed E-state index contributed by atoms with van der Waals surface area (Å²) in [6, 6.07) is 10.9. The highest BCUT2D eigenvalue weighted by atomic mass is 35.5. The molecule has 114 valence electrons. The third-order valence-corrected chi connectivity index (χ3v) is 3.22. The van der Waals surface area contributed by atoms with Gasteiger partial charge in [-0.1, -0.05) is 23.7 Å². The van der Waals surface area contributed by atoms with E-state index < -0.39 is 10.8 Å². The average Bonchev–Trinajstić information content (AvgIpc) is 2.52. The van der Waals surface area contributed by atoms with E-state index in [1.165, 1.54) is 25.3 Å². The Morgan fingerprint density at radius 3 is 2.73 bits per heavy atom. The van der Waals surface area contributed by atoms with E-state index in [1.807, 2.05) is 6.07 Å². The van der Waals surface area contributed by atoms with Crippen molar-refractivity contribution in [3.05, 3.63) is 68.7 Å². The topological polar surface area (TPSA) is 81.5 Å². The van der Waals surface area contributed by atoms with Crippen LogP contribution in [0.2, 0.25) is 5.02 Å². The van der Waals surface area contributed by atoms with Crippen LogP contribution >= 0.6 is 11.6 Å². The number of halogens is 1. The van der Waals surface area contributed by atoms with Crippen LogP contribution in [-0.2, 0) is 6.54 Å². The van der Waals surface area contributed by atoms with Gasteiger partial charge in [-0.05, 0) is 23.8 Å². The van der Waals surface area contributed by atoms with Crippen LogP contribution in [0.4, 0.5) is 5.69 Å². The maximum absolute atomic E-state index is 12.2. The first kappa shape index (κ1) is 15.8. The first-order valence-electron chi connectivity index (χ1n) is 6.36. The number of nitrogens with zero attached hydrogens (tertiary/aromatic N) is 1. The molecule has 0 unspecified atom stereocenters. The van der Waals surface area contributed by atoms with Gasteiger partial charge in [0.25, 0.3) is 11.6 Å². The summed E-state index contributed by atoms with van der Waals surface area (Å²) in [6.07, 6.45) is 0. The Balaban J connectivity index is 2.18. The maximum atomic E-state index is 12.2. The molecule has 0 heterocycles. The minimum atomic E-state index is -0.562. The van der Waals surface area contributed by atoms with Gasteiger partial charge in [0.15, 0.2) is 0 Å². The second-order valence-electron chi connectivity index (χ2n) is 4.45. The molecule has 2 rings (SSSR count). The molecule has 0 radical (unpaired) electrons. The monoisotopic (exact) mass is 320 g/mol. The van der Waals surface area contributed by atoms with Crippen molar-refractivity contribution < 1.29 is 14.5 Å². The minimum Gasteiger partial charge on any atom is -0.496 e. The van der Waals surface area contributed by atoms with E-state index in [4.69, 9.17) is 16.3 Å². The number of nitrogens with one attached hydrogen (secondary N) is 1. The SMILES string of the molecule is COc1ccc([N+](=O)[O-])cc1C(=O)NCc1cccc(Cl)c1. The van der Waals surface area contributed by atoms with Gasteiger partial charge in [0.05, 0.1) is 17.6 Å². The lowest BCUT2D eigenvalue weighted by molar-refractivity contribution is -0.384. The third kappa shape index (κ3) is 3.73. The van der Waals surface area contributed by atoms with Gasteiger partial charge in [-0.15, -0.1) is 0 Å². The molecule has 0 aliphatic carbocycles. The van der Waals surface area contributed by atoms with Crippen molar-refractivity contribution in [2.45, 2.75) is 6.54 Å². The zero-order chi connectivity index (χ0) is 16.1. The Kier molecular flexibility index (Phi) is 4.95. The Labute approximate surface area is 131 Å². The number of amides is 1. The maximum Gasteiger partial charge on any atom is 0.270 e. The average molecular weight is 321 g/mol. The Bertz CT molecular complexity index is 718. The molecule has 0 saturated carbocycles. The number of hydrogen-bond donors (Lipinski definition) is 1. The molecule has 1 amide bonds. The molecular formula is C15H13ClN2O4. The molecule has 2 aromatic carbocycles. The smallest absolute Gasteiger partial charge is 0.270 e. The van der Waals surface area contributed by atoms with Crippen molar-refractivity contribution in [2.75, 3.05) is 7.11 Å². The van der Waals surface area contributed by atoms with Crippen LogP contribution in [0.15, 0.2) is 42.5 Å². The summed E-state index contributed by atoms with van der Waals surface area (Å²) >= 11 is 5.87. The van der Waals surface area contributed by atoms with Crippen molar-refractivity contribution in [1.82, 2.24) is 5.32 Å². The summed E-state index contributed by atoms with van der Waals surface area (Å²) in [4.78, 5) is 22.5. The van der Waals surface area contributed by atoms with Crippen LogP contribution in [0.25, 0.3) is 0 Å². The lowest BCUT2D eigenvalue weighted by Gasteiger charge is -2.09. The summed E-state index contributed by atoms with van der Waals surface area (Å²) < 4.78 is 5.07. The standard InChI is InChI=1S/C15H13ClN2O4/c1-22-14-6-5-12(18(20)21)8-13(14)15(19)17-9-10-3-2-4-11(16)7-10/h2-8H,9H2,1H3,(H,17,19). The van der Waals surface area contributed by atoms with Crippen LogP contribution < -0.4 is 10.1 Å². The highest BCUT2D eigenvalue weighted by molar-refractivity contribution is 6.30. The molecule has 22 heavy (non-hydrogen) atoms. The fourth-order valence-electron chi connectivity index (χ4n) is 1.91. The Morgan fingerprint density at radius 2 is 2.09 bits per heavy atom. The van der Waals surface area contributed by atoms with E-state index in [-0.39, 0.29) is 23.5 Å². The van der Waals surface area contributed by atoms with Crippen molar-refractivity contribution in [3.8, 4) is 5.75 Å². The molecule has 0 fully saturated rings. The predicted molar refractivity (Wildman–Crippen MR) is 82.3 cm³/mol. The largest absolute Gasteiger partial charge is 0.496 e. The van der Waals surface area contributed by atoms with Gasteiger partial charge in [-0.2, -0.15) is 0 Å². The summed E-state index contributed by atoms with van der Waals surface area (Å²) in [6.45, 7) is 0.255. The summed E-state index contributed by atoms with van der Waals surface area (Å²) in [5.41, 5.74) is 0.762. The molecule has 0 aliphatic heterocycles. The molecule has 0 saturated heterocycles. The molecule has 6 nitrogen and oxygen atoms in total. The first-order chi connectivity index (χ1) is 10.5. The number of carbonyl (C=O) groups excluding carboxylic acids is 1. The van der Waals surface area contributed by atoms with Gasteiger partial charge in [0.1, 0.15) is 5.75 Å². The zero-order valence-corrected chi connectivity index (χ0v) is 12.5. The summed E-state index contributed by atoms with van der Waals surface area (Å²) in [5, 5.41) is 14.1. The van der Waals surface area contributed by atoms with Crippen LogP contribution in [0, 0.1) is 10.1 Å². The van der Waals surface area contributed by atoms with E-state index in [2.05, 4.69) is 5.32 Å². The fourth-order valence-corrected chi connectivity index (χ4v) is 2.12. The fraction of sp³-hybridized carbons (Fsp3) is 0.133. The normalized spacial score (nSPS) is 10.1. The van der Waals surface area contributed by atoms with Crippen molar-refractivity contribution in [2.24, 2.45) is 0 Å². The molecular weight excluding hydrogens is 308 g/mol. The molecule has 0 spiro atoms. The van der Waals surface area contributed by atoms with Crippen LogP contribution in [0.5, 0.6) is 5.75 Å². The third-order valence-electron chi connectivity index (χ3n) is 2.98. The van der Waals surface area contributed by atoms with Crippen LogP contribution in [0.1, 0.15) is 15.9 Å². The van der Waals surface area contributed by atoms with E-state index in [0.29, 0.717) is 5.02 Å². The van der Waals surface area contributed by atoms with Crippen molar-refractivity contribution in [1.29, 1.82) is 0 Å². The number of rotatable bonds is 5. The lowest BCUT2D eigenvalue weighted by Crippen LogP contribution is -2.23. The van der Waals surface area contributed by atoms with Crippen molar-refractivity contribution >= 4 is 23.2 Å². The quantitative estimate of drug-likeness (QED) is 0.677. The van der Waals surface area contributed by atoms with Crippen molar-refractivity contribution in [3.63, 3.8) is 0 Å². The van der Waals surface area contributed by atoms with Gasteiger partial charge in [-0.3, -0.25) is 14.9 Å². The van der Waals surface area contributed by atoms with Gasteiger partial charge < -0.3 is 10.1 Å². The number of methoxy groups -OCH3 is 1. The van der Waals surface area contributed by atoms with E-state index in [1.54, 1.807) is 18.2 Å². The lowest BCUT2D eigenvalue weighted by atomic mass is 10.1. The molecule has 0 aliphatic rings. The van der Waals surface area contributed by atoms with Gasteiger partial charge in [-0.25, -0.2) is 0 Å². The van der Waals surface area contributed by atoms with Gasteiger partial charge in [0, 0.05) is 23.7 Å². The number of benzene rings is 2. The van der Waals surface area contributed by atoms with E-state index >= 15 is 0 Å². The molecule has 0 atom stereocenters. The van der Waals surface area contributed by atoms with E-state index in [0.717, 1.165) is 5.56 Å². The predicted octanol–water partition coefficient (Wildman–Crippen LogP) is 3.19. The van der Waals surface area contributed by atoms with Gasteiger partial charge in [0.2, 0.25) is 0 Å². The highest BCUT2D eigenvalue weighted by Crippen LogP contribution is 2.24. The number of carbonyl (C=O) groups is 1. The number of ether oxygens (including phenoxy) is 1. The zero-order valence-electron chi connectivity index (χ0n) is 11.7. The highest BCUT2D eigenvalue weighted by Gasteiger charge is 2.17. The van der Waals surface area contributed by atoms with Crippen LogP contribution in [-0.4, -0.2) is 17.9 Å². The second-order valence-corrected chi connectivity index (χ2v) is 4.89. The summed E-state index contributed by atoms with van der Waals surface area (Å²) in [7, 11) is 1.40. The molecule has 2 aromatic rings. The van der Waals surface area contributed by atoms with E-state index in [9.17, 15) is 14.9 Å². The van der Waals surface area contributed by atoms with Crippen LogP contribution in [0.3, 0.4) is 0 Å². The second kappa shape index (κ2) is 6.91. The minimum absolute atomic E-state index is 0.110. The molecule has 7 heteroatoms. The molecule has 0 bridgehead atoms. The molecule has 0 aromatic heterocycles. The number of nitro benzene ring substituents is 1. The Morgan fingerprint density at radius 1 is 1.32 bits per heavy atom. The Hall–Kier alpha value is -2.60. The number of hydrogen-bond acceptors (Lipinski definition) is 4. The van der Waals surface area contributed by atoms with Gasteiger partial charge >= 0.3 is 0 Å².